The molecule has 0 bridgehead atoms. The number of hydrogen-bond donors (Lipinski definition) is 2. The number of hydrogen-bond acceptors (Lipinski definition) is 2. The zero-order valence-electron chi connectivity index (χ0n) is 4.63. The van der Waals surface area contributed by atoms with Crippen LogP contribution in [0.4, 0.5) is 0 Å². The van der Waals surface area contributed by atoms with Crippen LogP contribution in [0.3, 0.4) is 0 Å². The van der Waals surface area contributed by atoms with Crippen LogP contribution in [0.15, 0.2) is 12.4 Å². The number of H-pyrrole nitrogens is 1. The molecular formula is C4H7BN2O. The van der Waals surface area contributed by atoms with E-state index < -0.39 is 6.92 Å². The molecule has 3 nitrogen and oxygen atoms in total. The van der Waals surface area contributed by atoms with Gasteiger partial charge in [0.1, 0.15) is 0 Å². The second-order valence-corrected chi connectivity index (χ2v) is 1.71. The van der Waals surface area contributed by atoms with Crippen molar-refractivity contribution in [1.82, 2.24) is 10.2 Å². The lowest BCUT2D eigenvalue weighted by atomic mass is 9.66. The number of aromatic nitrogens is 2. The first-order valence-electron chi connectivity index (χ1n) is 2.47. The van der Waals surface area contributed by atoms with Gasteiger partial charge in [-0.1, -0.05) is 6.82 Å². The monoisotopic (exact) mass is 110 g/mol. The fourth-order valence-corrected chi connectivity index (χ4v) is 0.489. The first-order valence-corrected chi connectivity index (χ1v) is 2.47. The SMILES string of the molecule is CB(O)c1cn[nH]c1. The van der Waals surface area contributed by atoms with Crippen molar-refractivity contribution in [2.45, 2.75) is 6.82 Å². The van der Waals surface area contributed by atoms with Crippen LogP contribution in [-0.2, 0) is 0 Å². The summed E-state index contributed by atoms with van der Waals surface area (Å²) in [5.41, 5.74) is 0.824. The third-order valence-electron chi connectivity index (χ3n) is 1.00. The molecule has 4 heteroatoms. The number of nitrogens with zero attached hydrogens (tertiary/aromatic N) is 1. The highest BCUT2D eigenvalue weighted by Gasteiger charge is 2.04. The van der Waals surface area contributed by atoms with Crippen molar-refractivity contribution in [3.63, 3.8) is 0 Å². The molecule has 0 fully saturated rings. The van der Waals surface area contributed by atoms with Gasteiger partial charge in [-0.05, 0) is 5.46 Å². The van der Waals surface area contributed by atoms with Crippen LogP contribution in [0.1, 0.15) is 0 Å². The van der Waals surface area contributed by atoms with Gasteiger partial charge in [0, 0.05) is 12.4 Å². The van der Waals surface area contributed by atoms with Gasteiger partial charge in [0.05, 0.1) is 0 Å². The molecule has 8 heavy (non-hydrogen) atoms. The summed E-state index contributed by atoms with van der Waals surface area (Å²) < 4.78 is 0. The van der Waals surface area contributed by atoms with Crippen LogP contribution in [-0.4, -0.2) is 22.1 Å². The van der Waals surface area contributed by atoms with Crippen molar-refractivity contribution >= 4 is 12.4 Å². The van der Waals surface area contributed by atoms with Gasteiger partial charge in [-0.15, -0.1) is 0 Å². The van der Waals surface area contributed by atoms with E-state index in [4.69, 9.17) is 5.02 Å². The van der Waals surface area contributed by atoms with Gasteiger partial charge in [-0.25, -0.2) is 0 Å². The van der Waals surface area contributed by atoms with Gasteiger partial charge < -0.3 is 5.02 Å². The van der Waals surface area contributed by atoms with Crippen molar-refractivity contribution in [2.24, 2.45) is 0 Å². The molecule has 0 aliphatic heterocycles. The Morgan fingerprint density at radius 1 is 1.88 bits per heavy atom. The Morgan fingerprint density at radius 3 is 2.88 bits per heavy atom. The fraction of sp³-hybridized carbons (Fsp3) is 0.250. The van der Waals surface area contributed by atoms with Crippen molar-refractivity contribution in [3.8, 4) is 0 Å². The van der Waals surface area contributed by atoms with E-state index in [1.165, 1.54) is 0 Å². The van der Waals surface area contributed by atoms with E-state index in [2.05, 4.69) is 10.2 Å². The minimum atomic E-state index is -0.409. The molecule has 2 N–H and O–H groups in total. The topological polar surface area (TPSA) is 48.9 Å². The smallest absolute Gasteiger partial charge is 0.323 e. The van der Waals surface area contributed by atoms with Gasteiger partial charge in [-0.3, -0.25) is 5.10 Å². The molecule has 0 aromatic carbocycles. The minimum Gasteiger partial charge on any atom is -0.446 e. The minimum absolute atomic E-state index is 0.409. The van der Waals surface area contributed by atoms with Gasteiger partial charge in [0.25, 0.3) is 0 Å². The molecule has 0 amide bonds. The summed E-state index contributed by atoms with van der Waals surface area (Å²) in [4.78, 5) is 0. The van der Waals surface area contributed by atoms with E-state index in [-0.39, 0.29) is 0 Å². The average molecular weight is 110 g/mol. The second kappa shape index (κ2) is 2.00. The third-order valence-corrected chi connectivity index (χ3v) is 1.00. The summed E-state index contributed by atoms with van der Waals surface area (Å²) in [6, 6.07) is 0. The van der Waals surface area contributed by atoms with Crippen LogP contribution in [0.25, 0.3) is 0 Å². The first kappa shape index (κ1) is 5.37. The first-order chi connectivity index (χ1) is 3.80. The number of aromatic amines is 1. The second-order valence-electron chi connectivity index (χ2n) is 1.71. The molecule has 1 rings (SSSR count). The van der Waals surface area contributed by atoms with Gasteiger partial charge in [-0.2, -0.15) is 5.10 Å². The maximum atomic E-state index is 8.85. The third kappa shape index (κ3) is 0.896. The van der Waals surface area contributed by atoms with Crippen LogP contribution in [0.5, 0.6) is 0 Å². The summed E-state index contributed by atoms with van der Waals surface area (Å²) in [7, 11) is 0. The molecule has 0 radical (unpaired) electrons. The molecule has 1 aromatic heterocycles. The molecule has 1 heterocycles. The molecule has 0 aliphatic rings. The zero-order valence-corrected chi connectivity index (χ0v) is 4.63. The van der Waals surface area contributed by atoms with E-state index >= 15 is 0 Å². The van der Waals surface area contributed by atoms with E-state index in [0.717, 1.165) is 5.46 Å². The number of nitrogens with one attached hydrogen (secondary N) is 1. The van der Waals surface area contributed by atoms with Crippen molar-refractivity contribution in [3.05, 3.63) is 12.4 Å². The lowest BCUT2D eigenvalue weighted by Crippen LogP contribution is -2.23. The van der Waals surface area contributed by atoms with Gasteiger partial charge in [0.15, 0.2) is 0 Å². The summed E-state index contributed by atoms with van der Waals surface area (Å²) in [5, 5.41) is 15.1. The standard InChI is InChI=1S/C4H7BN2O/c1-5(8)4-2-6-7-3-4/h2-3,8H,1H3,(H,6,7). The van der Waals surface area contributed by atoms with E-state index in [1.807, 2.05) is 0 Å². The molecule has 0 atom stereocenters. The molecule has 1 aromatic rings. The Morgan fingerprint density at radius 2 is 2.62 bits per heavy atom. The van der Waals surface area contributed by atoms with Crippen molar-refractivity contribution in [2.75, 3.05) is 0 Å². The van der Waals surface area contributed by atoms with Crippen LogP contribution < -0.4 is 5.46 Å². The average Bonchev–Trinajstić information content (AvgIpc) is 2.12. The lowest BCUT2D eigenvalue weighted by molar-refractivity contribution is 0.594. The van der Waals surface area contributed by atoms with Gasteiger partial charge in [0.2, 0.25) is 0 Å². The summed E-state index contributed by atoms with van der Waals surface area (Å²) in [5.74, 6) is 0. The maximum absolute atomic E-state index is 8.85. The van der Waals surface area contributed by atoms with Crippen LogP contribution >= 0.6 is 0 Å². The van der Waals surface area contributed by atoms with Crippen molar-refractivity contribution in [1.29, 1.82) is 0 Å². The highest BCUT2D eigenvalue weighted by Crippen LogP contribution is 1.75. The van der Waals surface area contributed by atoms with Crippen molar-refractivity contribution < 1.29 is 5.02 Å². The van der Waals surface area contributed by atoms with E-state index in [0.29, 0.717) is 0 Å². The van der Waals surface area contributed by atoms with Gasteiger partial charge >= 0.3 is 6.92 Å². The molecule has 0 unspecified atom stereocenters. The quantitative estimate of drug-likeness (QED) is 0.466. The molecule has 0 spiro atoms. The van der Waals surface area contributed by atoms with Crippen LogP contribution in [0, 0.1) is 0 Å². The molecular weight excluding hydrogens is 103 g/mol. The Kier molecular flexibility index (Phi) is 1.35. The Labute approximate surface area is 47.8 Å². The molecule has 42 valence electrons. The normalized spacial score (nSPS) is 9.25. The predicted molar refractivity (Wildman–Crippen MR) is 32.1 cm³/mol. The lowest BCUT2D eigenvalue weighted by Gasteiger charge is -1.88. The summed E-state index contributed by atoms with van der Waals surface area (Å²) in [6.07, 6.45) is 3.27. The highest BCUT2D eigenvalue weighted by atomic mass is 16.2. The zero-order chi connectivity index (χ0) is 5.98. The maximum Gasteiger partial charge on any atom is 0.323 e. The summed E-state index contributed by atoms with van der Waals surface area (Å²) in [6.45, 7) is 1.29. The molecule has 0 saturated heterocycles. The van der Waals surface area contributed by atoms with Crippen LogP contribution in [0.2, 0.25) is 6.82 Å². The Bertz CT molecular complexity index is 149. The predicted octanol–water partition coefficient (Wildman–Crippen LogP) is -0.770. The molecule has 0 aliphatic carbocycles. The number of rotatable bonds is 1. The van der Waals surface area contributed by atoms with E-state index in [9.17, 15) is 0 Å². The van der Waals surface area contributed by atoms with E-state index in [1.54, 1.807) is 19.2 Å². The largest absolute Gasteiger partial charge is 0.446 e. The molecule has 0 saturated carbocycles. The summed E-state index contributed by atoms with van der Waals surface area (Å²) >= 11 is 0. The Hall–Kier alpha value is -0.765. The fourth-order valence-electron chi connectivity index (χ4n) is 0.489. The highest BCUT2D eigenvalue weighted by molar-refractivity contribution is 6.64. The Balaban J connectivity index is 2.77.